The van der Waals surface area contributed by atoms with Crippen molar-refractivity contribution in [2.45, 2.75) is 214 Å². The summed E-state index contributed by atoms with van der Waals surface area (Å²) in [5.74, 6) is 0. The van der Waals surface area contributed by atoms with Crippen molar-refractivity contribution in [2.75, 3.05) is 0 Å². The Balaban J connectivity index is 1.08. The second-order valence-corrected chi connectivity index (χ2v) is 34.7. The number of unbranched alkanes of at least 4 members (excludes halogenated alkanes) is 15. The van der Waals surface area contributed by atoms with Gasteiger partial charge in [0.1, 0.15) is 27.2 Å². The van der Waals surface area contributed by atoms with Gasteiger partial charge in [0.15, 0.2) is 0 Å². The van der Waals surface area contributed by atoms with E-state index in [-0.39, 0.29) is 0 Å². The fraction of sp³-hybridized carbons (Fsp3) is 0.559. The molecule has 6 aromatic rings. The Bertz CT molecular complexity index is 2690. The molecule has 3 aliphatic rings. The largest absolute Gasteiger partial charge is 0.172 e. The SMILES string of the molecule is CCCCCCc1cc(C2=CC3=C(C2)c2sc(-c4ccc(-c5cc6c(s5)-c5sc(C)cc5[Si]6(CCCCCC)CCCCCC)c5nsnc45)cc2[Si]3(CCCCCC)CCCCCC)sc1C. The molecule has 5 aromatic heterocycles. The fourth-order valence-electron chi connectivity index (χ4n) is 12.5. The summed E-state index contributed by atoms with van der Waals surface area (Å²) in [6.45, 7) is 16.5. The van der Waals surface area contributed by atoms with E-state index in [0.717, 1.165) is 17.5 Å². The zero-order valence-electron chi connectivity index (χ0n) is 42.9. The van der Waals surface area contributed by atoms with Crippen LogP contribution in [0.25, 0.3) is 52.8 Å². The molecule has 0 N–H and O–H groups in total. The molecule has 0 bridgehead atoms. The van der Waals surface area contributed by atoms with E-state index in [2.05, 4.69) is 136 Å². The van der Waals surface area contributed by atoms with Crippen LogP contribution in [0.15, 0.2) is 47.7 Å². The zero-order valence-corrected chi connectivity index (χ0v) is 48.9. The fourth-order valence-corrected chi connectivity index (χ4v) is 31.2. The predicted octanol–water partition coefficient (Wildman–Crippen LogP) is 19.3. The lowest BCUT2D eigenvalue weighted by atomic mass is 10.0. The number of aromatic nitrogens is 2. The summed E-state index contributed by atoms with van der Waals surface area (Å²) in [4.78, 5) is 12.3. The number of fused-ring (bicyclic) bond motifs is 6. The van der Waals surface area contributed by atoms with E-state index in [1.807, 2.05) is 5.20 Å². The van der Waals surface area contributed by atoms with Crippen molar-refractivity contribution in [2.24, 2.45) is 0 Å². The van der Waals surface area contributed by atoms with E-state index < -0.39 is 16.1 Å². The molecule has 9 heteroatoms. The first-order valence-corrected chi connectivity index (χ1v) is 36.3. The van der Waals surface area contributed by atoms with Crippen LogP contribution in [0.4, 0.5) is 0 Å². The van der Waals surface area contributed by atoms with Gasteiger partial charge in [-0.2, -0.15) is 8.75 Å². The Kier molecular flexibility index (Phi) is 17.2. The molecule has 1 aromatic carbocycles. The van der Waals surface area contributed by atoms with Gasteiger partial charge in [0, 0.05) is 56.6 Å². The van der Waals surface area contributed by atoms with Gasteiger partial charge in [-0.1, -0.05) is 175 Å². The van der Waals surface area contributed by atoms with E-state index in [0.29, 0.717) is 0 Å². The highest BCUT2D eigenvalue weighted by molar-refractivity contribution is 7.30. The summed E-state index contributed by atoms with van der Waals surface area (Å²) in [5, 5.41) is 7.15. The Labute approximate surface area is 433 Å². The summed E-state index contributed by atoms with van der Waals surface area (Å²) >= 11 is 9.76. The molecular formula is C59H80N2S5Si2. The van der Waals surface area contributed by atoms with Crippen molar-refractivity contribution < 1.29 is 0 Å². The van der Waals surface area contributed by atoms with Gasteiger partial charge in [0.25, 0.3) is 0 Å². The standard InChI is InChI=1S/C59H80N2S5Si2/c1-8-13-18-23-28-43-37-48(63-42(43)7)44-36-47-51(38-44)67(31-24-19-14-9-2,32-25-20-15-10-3)53-39-49(64-57(47)53)45-29-30-46(56-55(45)60-66-61-56)50-40-54-59(65-50)58-52(35-41(6)62-58)68(54,33-26-21-16-11-4)34-27-22-17-12-5/h29-30,35,37-40H,8-28,31-34,36H2,1-7H3. The van der Waals surface area contributed by atoms with Gasteiger partial charge >= 0.3 is 0 Å². The highest BCUT2D eigenvalue weighted by Crippen LogP contribution is 2.54. The molecule has 9 rings (SSSR count). The number of aryl methyl sites for hydroxylation is 3. The van der Waals surface area contributed by atoms with E-state index in [4.69, 9.17) is 8.75 Å². The van der Waals surface area contributed by atoms with Crippen LogP contribution >= 0.6 is 57.1 Å². The van der Waals surface area contributed by atoms with Gasteiger partial charge < -0.3 is 0 Å². The molecule has 2 nitrogen and oxygen atoms in total. The molecule has 7 heterocycles. The maximum Gasteiger partial charge on any atom is 0.122 e. The van der Waals surface area contributed by atoms with Gasteiger partial charge in [-0.15, -0.1) is 45.3 Å². The lowest BCUT2D eigenvalue weighted by Crippen LogP contribution is -2.54. The summed E-state index contributed by atoms with van der Waals surface area (Å²) in [6, 6.07) is 21.2. The topological polar surface area (TPSA) is 25.8 Å². The molecular weight excluding hydrogens is 953 g/mol. The molecule has 68 heavy (non-hydrogen) atoms. The third-order valence-corrected chi connectivity index (χ3v) is 32.7. The Morgan fingerprint density at radius 2 is 0.971 bits per heavy atom. The second-order valence-electron chi connectivity index (χ2n) is 21.1. The minimum atomic E-state index is -2.00. The molecule has 364 valence electrons. The average molecular weight is 1030 g/mol. The Morgan fingerprint density at radius 1 is 0.485 bits per heavy atom. The van der Waals surface area contributed by atoms with Crippen molar-refractivity contribution in [3.8, 4) is 30.6 Å². The van der Waals surface area contributed by atoms with Gasteiger partial charge in [0.05, 0.1) is 11.7 Å². The highest BCUT2D eigenvalue weighted by Gasteiger charge is 2.50. The number of hydrogen-bond donors (Lipinski definition) is 0. The molecule has 1 aliphatic carbocycles. The van der Waals surface area contributed by atoms with Crippen LogP contribution < -0.4 is 15.6 Å². The van der Waals surface area contributed by atoms with Crippen LogP contribution in [0.5, 0.6) is 0 Å². The van der Waals surface area contributed by atoms with Crippen molar-refractivity contribution in [3.63, 3.8) is 0 Å². The normalized spacial score (nSPS) is 15.5. The van der Waals surface area contributed by atoms with Gasteiger partial charge in [-0.3, -0.25) is 0 Å². The molecule has 0 saturated heterocycles. The maximum atomic E-state index is 5.19. The van der Waals surface area contributed by atoms with Crippen LogP contribution in [0.3, 0.4) is 0 Å². The number of thiophene rings is 4. The third-order valence-electron chi connectivity index (χ3n) is 16.3. The first-order chi connectivity index (χ1) is 33.3. The van der Waals surface area contributed by atoms with E-state index in [9.17, 15) is 0 Å². The molecule has 0 radical (unpaired) electrons. The molecule has 0 spiro atoms. The molecule has 0 atom stereocenters. The molecule has 0 fully saturated rings. The van der Waals surface area contributed by atoms with Gasteiger partial charge in [-0.05, 0) is 113 Å². The van der Waals surface area contributed by atoms with E-state index in [1.165, 1.54) is 197 Å². The molecule has 0 unspecified atom stereocenters. The van der Waals surface area contributed by atoms with Crippen molar-refractivity contribution >= 4 is 111 Å². The van der Waals surface area contributed by atoms with Crippen molar-refractivity contribution in [1.29, 1.82) is 0 Å². The van der Waals surface area contributed by atoms with Crippen LogP contribution in [0, 0.1) is 13.8 Å². The number of hydrogen-bond acceptors (Lipinski definition) is 7. The van der Waals surface area contributed by atoms with Crippen LogP contribution in [-0.4, -0.2) is 24.9 Å². The monoisotopic (exact) mass is 1030 g/mol. The third kappa shape index (κ3) is 9.96. The minimum Gasteiger partial charge on any atom is -0.172 e. The van der Waals surface area contributed by atoms with Crippen LogP contribution in [0.2, 0.25) is 24.2 Å². The van der Waals surface area contributed by atoms with Crippen molar-refractivity contribution in [1.82, 2.24) is 8.75 Å². The lowest BCUT2D eigenvalue weighted by molar-refractivity contribution is 0.666. The predicted molar refractivity (Wildman–Crippen MR) is 315 cm³/mol. The minimum absolute atomic E-state index is 1.11. The number of allylic oxidation sites excluding steroid dienone is 4. The highest BCUT2D eigenvalue weighted by atomic mass is 32.1. The first kappa shape index (κ1) is 50.7. The van der Waals surface area contributed by atoms with Crippen LogP contribution in [-0.2, 0) is 6.42 Å². The molecule has 2 aliphatic heterocycles. The number of benzene rings is 1. The quantitative estimate of drug-likeness (QED) is 0.0361. The first-order valence-electron chi connectivity index (χ1n) is 27.5. The molecule has 0 saturated carbocycles. The Morgan fingerprint density at radius 3 is 1.53 bits per heavy atom. The molecule has 0 amide bonds. The number of rotatable bonds is 28. The second kappa shape index (κ2) is 23.1. The average Bonchev–Trinajstić information content (AvgIpc) is 4.22. The lowest BCUT2D eigenvalue weighted by Gasteiger charge is -2.30. The summed E-state index contributed by atoms with van der Waals surface area (Å²) in [5.41, 5.74) is 9.77. The van der Waals surface area contributed by atoms with Crippen LogP contribution in [0.1, 0.15) is 195 Å². The Hall–Kier alpha value is -2.25. The number of nitrogens with zero attached hydrogens (tertiary/aromatic N) is 2. The maximum absolute atomic E-state index is 5.19. The summed E-state index contributed by atoms with van der Waals surface area (Å²) in [7, 11) is -3.89. The van der Waals surface area contributed by atoms with E-state index in [1.54, 1.807) is 56.7 Å². The zero-order chi connectivity index (χ0) is 47.3. The van der Waals surface area contributed by atoms with Gasteiger partial charge in [0.2, 0.25) is 0 Å². The van der Waals surface area contributed by atoms with Crippen molar-refractivity contribution in [3.05, 3.63) is 72.7 Å². The summed E-state index contributed by atoms with van der Waals surface area (Å²) < 4.78 is 10.4. The van der Waals surface area contributed by atoms with Gasteiger partial charge in [-0.25, -0.2) is 0 Å². The smallest absolute Gasteiger partial charge is 0.122 e. The summed E-state index contributed by atoms with van der Waals surface area (Å²) in [6.07, 6.45) is 32.0. The van der Waals surface area contributed by atoms with E-state index >= 15 is 0 Å².